The summed E-state index contributed by atoms with van der Waals surface area (Å²) in [5.41, 5.74) is 2.02. The number of benzene rings is 2. The predicted octanol–water partition coefficient (Wildman–Crippen LogP) is 3.76. The summed E-state index contributed by atoms with van der Waals surface area (Å²) < 4.78 is 19.1. The van der Waals surface area contributed by atoms with E-state index >= 15 is 0 Å². The molecule has 2 aromatic carbocycles. The van der Waals surface area contributed by atoms with E-state index in [0.29, 0.717) is 0 Å². The number of carbonyl (C=O) groups is 1. The monoisotopic (exact) mass is 382 g/mol. The first kappa shape index (κ1) is 18.9. The van der Waals surface area contributed by atoms with E-state index in [4.69, 9.17) is 4.74 Å². The summed E-state index contributed by atoms with van der Waals surface area (Å²) in [4.78, 5) is 17.1. The van der Waals surface area contributed by atoms with Crippen LogP contribution in [0, 0.1) is 5.82 Å². The minimum absolute atomic E-state index is 0.161. The lowest BCUT2D eigenvalue weighted by Gasteiger charge is -2.31. The van der Waals surface area contributed by atoms with E-state index in [-0.39, 0.29) is 17.8 Å². The fraction of sp³-hybridized carbons (Fsp3) is 0.435. The van der Waals surface area contributed by atoms with Crippen molar-refractivity contribution in [3.63, 3.8) is 0 Å². The first-order chi connectivity index (χ1) is 13.7. The maximum atomic E-state index is 13.0. The molecule has 1 amide bonds. The van der Waals surface area contributed by atoms with Gasteiger partial charge < -0.3 is 14.5 Å². The molecule has 0 spiro atoms. The molecule has 0 bridgehead atoms. The maximum absolute atomic E-state index is 13.0. The molecule has 0 aromatic heterocycles. The molecule has 2 aromatic rings. The molecule has 28 heavy (non-hydrogen) atoms. The molecule has 0 radical (unpaired) electrons. The van der Waals surface area contributed by atoms with Crippen molar-refractivity contribution < 1.29 is 13.9 Å². The molecule has 2 aliphatic rings. The van der Waals surface area contributed by atoms with E-state index in [9.17, 15) is 9.18 Å². The molecule has 0 saturated carbocycles. The van der Waals surface area contributed by atoms with Gasteiger partial charge in [-0.25, -0.2) is 4.39 Å². The number of carbonyl (C=O) groups excluding carboxylic acids is 1. The van der Waals surface area contributed by atoms with E-state index in [1.165, 1.54) is 17.7 Å². The number of likely N-dealkylation sites (tertiary alicyclic amines) is 1. The van der Waals surface area contributed by atoms with Crippen molar-refractivity contribution in [2.45, 2.75) is 31.8 Å². The van der Waals surface area contributed by atoms with Gasteiger partial charge in [0.25, 0.3) is 5.91 Å². The highest BCUT2D eigenvalue weighted by molar-refractivity contribution is 5.96. The highest BCUT2D eigenvalue weighted by Crippen LogP contribution is 2.21. The van der Waals surface area contributed by atoms with Gasteiger partial charge >= 0.3 is 0 Å². The Bertz CT molecular complexity index is 809. The summed E-state index contributed by atoms with van der Waals surface area (Å²) >= 11 is 0. The van der Waals surface area contributed by atoms with Gasteiger partial charge in [-0.1, -0.05) is 18.2 Å². The largest absolute Gasteiger partial charge is 0.490 e. The average Bonchev–Trinajstić information content (AvgIpc) is 2.95. The molecular formula is C23H27FN2O2. The summed E-state index contributed by atoms with van der Waals surface area (Å²) in [5.74, 6) is 0.654. The van der Waals surface area contributed by atoms with Gasteiger partial charge in [0.2, 0.25) is 0 Å². The number of nitrogens with zero attached hydrogens (tertiary/aromatic N) is 2. The number of fused-ring (bicyclic) bond motifs is 1. The Kier molecular flexibility index (Phi) is 5.91. The molecule has 2 heterocycles. The molecule has 2 aliphatic heterocycles. The van der Waals surface area contributed by atoms with E-state index in [2.05, 4.69) is 11.0 Å². The van der Waals surface area contributed by atoms with Crippen molar-refractivity contribution in [2.24, 2.45) is 0 Å². The van der Waals surface area contributed by atoms with Crippen LogP contribution in [-0.4, -0.2) is 54.5 Å². The Balaban J connectivity index is 1.26. The highest BCUT2D eigenvalue weighted by Gasteiger charge is 2.25. The van der Waals surface area contributed by atoms with Crippen LogP contribution in [0.15, 0.2) is 48.5 Å². The second-order valence-electron chi connectivity index (χ2n) is 7.67. The molecule has 5 heteroatoms. The van der Waals surface area contributed by atoms with E-state index in [1.54, 1.807) is 12.1 Å². The van der Waals surface area contributed by atoms with Crippen LogP contribution >= 0.6 is 0 Å². The molecule has 1 saturated heterocycles. The van der Waals surface area contributed by atoms with Gasteiger partial charge in [-0.3, -0.25) is 4.79 Å². The Morgan fingerprint density at radius 3 is 2.64 bits per heavy atom. The molecule has 148 valence electrons. The first-order valence-electron chi connectivity index (χ1n) is 10.2. The van der Waals surface area contributed by atoms with Gasteiger partial charge in [0.1, 0.15) is 11.6 Å². The lowest BCUT2D eigenvalue weighted by atomic mass is 9.99. The zero-order valence-electron chi connectivity index (χ0n) is 16.1. The van der Waals surface area contributed by atoms with Gasteiger partial charge in [0.05, 0.1) is 6.10 Å². The van der Waals surface area contributed by atoms with Crippen LogP contribution < -0.4 is 4.74 Å². The lowest BCUT2D eigenvalue weighted by Crippen LogP contribution is -2.42. The van der Waals surface area contributed by atoms with Gasteiger partial charge in [-0.05, 0) is 68.1 Å². The Hall–Kier alpha value is -2.40. The number of hydrogen-bond donors (Lipinski definition) is 0. The number of rotatable bonds is 5. The van der Waals surface area contributed by atoms with Crippen molar-refractivity contribution in [2.75, 3.05) is 32.7 Å². The molecule has 1 fully saturated rings. The highest BCUT2D eigenvalue weighted by atomic mass is 19.1. The molecular weight excluding hydrogens is 355 g/mol. The molecule has 0 N–H and O–H groups in total. The van der Waals surface area contributed by atoms with Crippen molar-refractivity contribution >= 4 is 5.91 Å². The Morgan fingerprint density at radius 2 is 1.79 bits per heavy atom. The Morgan fingerprint density at radius 1 is 0.964 bits per heavy atom. The fourth-order valence-corrected chi connectivity index (χ4v) is 4.12. The van der Waals surface area contributed by atoms with Crippen LogP contribution in [0.25, 0.3) is 0 Å². The number of amides is 1. The maximum Gasteiger partial charge on any atom is 0.254 e. The molecule has 0 aliphatic carbocycles. The molecule has 1 unspecified atom stereocenters. The summed E-state index contributed by atoms with van der Waals surface area (Å²) in [5, 5.41) is 0. The SMILES string of the molecule is O=C1c2ccccc2CCN1CCN1CCCC(Oc2ccc(F)cc2)CC1. The van der Waals surface area contributed by atoms with Crippen LogP contribution in [-0.2, 0) is 6.42 Å². The zero-order valence-corrected chi connectivity index (χ0v) is 16.1. The van der Waals surface area contributed by atoms with Crippen molar-refractivity contribution in [3.8, 4) is 5.75 Å². The standard InChI is InChI=1S/C23H27FN2O2/c24-19-7-9-21(10-8-19)28-20-5-3-13-25(14-12-20)16-17-26-15-11-18-4-1-2-6-22(18)23(26)27/h1-2,4,6-10,20H,3,5,11-17H2. The fourth-order valence-electron chi connectivity index (χ4n) is 4.12. The van der Waals surface area contributed by atoms with Crippen LogP contribution in [0.1, 0.15) is 35.2 Å². The van der Waals surface area contributed by atoms with Crippen molar-refractivity contribution in [1.82, 2.24) is 9.80 Å². The molecule has 4 rings (SSSR count). The molecule has 1 atom stereocenters. The van der Waals surface area contributed by atoms with Crippen LogP contribution in [0.4, 0.5) is 4.39 Å². The first-order valence-corrected chi connectivity index (χ1v) is 10.2. The summed E-state index contributed by atoms with van der Waals surface area (Å²) in [7, 11) is 0. The van der Waals surface area contributed by atoms with Crippen LogP contribution in [0.3, 0.4) is 0 Å². The van der Waals surface area contributed by atoms with Gasteiger partial charge in [-0.2, -0.15) is 0 Å². The predicted molar refractivity (Wildman–Crippen MR) is 107 cm³/mol. The summed E-state index contributed by atoms with van der Waals surface area (Å²) in [6, 6.07) is 14.2. The van der Waals surface area contributed by atoms with Crippen molar-refractivity contribution in [3.05, 3.63) is 65.5 Å². The zero-order chi connectivity index (χ0) is 19.3. The number of halogens is 1. The smallest absolute Gasteiger partial charge is 0.254 e. The van der Waals surface area contributed by atoms with E-state index in [0.717, 1.165) is 69.7 Å². The minimum atomic E-state index is -0.241. The van der Waals surface area contributed by atoms with Gasteiger partial charge in [0.15, 0.2) is 0 Å². The minimum Gasteiger partial charge on any atom is -0.490 e. The van der Waals surface area contributed by atoms with Gasteiger partial charge in [-0.15, -0.1) is 0 Å². The topological polar surface area (TPSA) is 32.8 Å². The number of hydrogen-bond acceptors (Lipinski definition) is 3. The lowest BCUT2D eigenvalue weighted by molar-refractivity contribution is 0.0718. The second kappa shape index (κ2) is 8.74. The summed E-state index contributed by atoms with van der Waals surface area (Å²) in [6.07, 6.45) is 4.13. The van der Waals surface area contributed by atoms with E-state index in [1.807, 2.05) is 23.1 Å². The third-order valence-electron chi connectivity index (χ3n) is 5.76. The average molecular weight is 382 g/mol. The third-order valence-corrected chi connectivity index (χ3v) is 5.76. The quantitative estimate of drug-likeness (QED) is 0.789. The third kappa shape index (κ3) is 4.53. The van der Waals surface area contributed by atoms with Crippen molar-refractivity contribution in [1.29, 1.82) is 0 Å². The second-order valence-corrected chi connectivity index (χ2v) is 7.67. The van der Waals surface area contributed by atoms with Crippen LogP contribution in [0.5, 0.6) is 5.75 Å². The normalized spacial score (nSPS) is 20.5. The van der Waals surface area contributed by atoms with E-state index < -0.39 is 0 Å². The number of ether oxygens (including phenoxy) is 1. The summed E-state index contributed by atoms with van der Waals surface area (Å²) in [6.45, 7) is 4.47. The van der Waals surface area contributed by atoms with Crippen LogP contribution in [0.2, 0.25) is 0 Å². The molecule has 4 nitrogen and oxygen atoms in total. The van der Waals surface area contributed by atoms with Gasteiger partial charge in [0, 0.05) is 31.7 Å². The Labute approximate surface area is 165 Å².